The van der Waals surface area contributed by atoms with E-state index < -0.39 is 46.5 Å². The summed E-state index contributed by atoms with van der Waals surface area (Å²) in [6.45, 7) is 1.15. The van der Waals surface area contributed by atoms with Crippen molar-refractivity contribution in [1.82, 2.24) is 0 Å². The Hall–Kier alpha value is -4.83. The number of rotatable bonds is 7. The summed E-state index contributed by atoms with van der Waals surface area (Å²) in [5.74, 6) is -3.76. The molecule has 0 radical (unpaired) electrons. The summed E-state index contributed by atoms with van der Waals surface area (Å²) in [6.07, 6.45) is -3.26. The maximum absolute atomic E-state index is 13.9. The Balaban J connectivity index is 2.04. The van der Waals surface area contributed by atoms with Crippen LogP contribution in [0, 0.1) is 16.7 Å². The van der Waals surface area contributed by atoms with E-state index in [1.165, 1.54) is 24.3 Å². The number of nitrogens with one attached hydrogen (secondary N) is 3. The Morgan fingerprint density at radius 1 is 1.00 bits per heavy atom. The number of phenols is 1. The number of alkyl halides is 3. The second-order valence-electron chi connectivity index (χ2n) is 8.02. The van der Waals surface area contributed by atoms with Gasteiger partial charge in [0.2, 0.25) is 5.91 Å². The zero-order chi connectivity index (χ0) is 29.1. The van der Waals surface area contributed by atoms with Crippen LogP contribution in [0.5, 0.6) is 5.75 Å². The van der Waals surface area contributed by atoms with Crippen LogP contribution < -0.4 is 10.6 Å². The summed E-state index contributed by atoms with van der Waals surface area (Å²) in [5.41, 5.74) is -3.16. The van der Waals surface area contributed by atoms with Crippen LogP contribution in [-0.4, -0.2) is 40.0 Å². The van der Waals surface area contributed by atoms with Crippen LogP contribution in [-0.2, 0) is 15.8 Å². The fraction of sp³-hybridized carbons (Fsp3) is 0.115. The number of benzene rings is 3. The van der Waals surface area contributed by atoms with Gasteiger partial charge in [0.25, 0.3) is 5.91 Å². The minimum Gasteiger partial charge on any atom is -0.507 e. The summed E-state index contributed by atoms with van der Waals surface area (Å²) >= 11 is 1.01. The van der Waals surface area contributed by atoms with Gasteiger partial charge >= 0.3 is 12.1 Å². The number of carboxylic acid groups (broad SMARTS) is 1. The Bertz CT molecular complexity index is 1560. The lowest BCUT2D eigenvalue weighted by Crippen LogP contribution is -2.24. The average Bonchev–Trinajstić information content (AvgIpc) is 2.87. The molecule has 0 unspecified atom stereocenters. The topological polar surface area (TPSA) is 163 Å². The lowest BCUT2D eigenvalue weighted by molar-refractivity contribution is -0.137. The van der Waals surface area contributed by atoms with Crippen LogP contribution in [0.1, 0.15) is 34.0 Å². The van der Waals surface area contributed by atoms with Crippen molar-refractivity contribution in [3.05, 3.63) is 70.8 Å². The Morgan fingerprint density at radius 3 is 2.26 bits per heavy atom. The highest BCUT2D eigenvalue weighted by atomic mass is 32.2. The van der Waals surface area contributed by atoms with E-state index in [0.29, 0.717) is 0 Å². The number of amides is 2. The first-order valence-corrected chi connectivity index (χ1v) is 12.1. The molecule has 3 aromatic rings. The number of nitrogens with zero attached hydrogens (tertiary/aromatic N) is 1. The third kappa shape index (κ3) is 6.36. The number of halogens is 3. The van der Waals surface area contributed by atoms with Crippen molar-refractivity contribution < 1.29 is 37.8 Å². The molecule has 0 aliphatic heterocycles. The molecule has 0 aliphatic carbocycles. The molecule has 0 saturated carbocycles. The quantitative estimate of drug-likeness (QED) is 0.194. The van der Waals surface area contributed by atoms with Crippen LogP contribution in [0.25, 0.3) is 11.1 Å². The second kappa shape index (κ2) is 11.3. The predicted octanol–water partition coefficient (Wildman–Crippen LogP) is 5.33. The normalized spacial score (nSPS) is 10.9. The minimum atomic E-state index is -4.82. The Kier molecular flexibility index (Phi) is 8.31. The molecule has 3 rings (SSSR count). The van der Waals surface area contributed by atoms with Gasteiger partial charge < -0.3 is 20.8 Å². The number of aromatic hydroxyl groups is 1. The molecular weight excluding hydrogens is 537 g/mol. The molecule has 0 heterocycles. The highest BCUT2D eigenvalue weighted by Gasteiger charge is 2.35. The largest absolute Gasteiger partial charge is 0.507 e. The van der Waals surface area contributed by atoms with Gasteiger partial charge in [-0.05, 0) is 59.8 Å². The number of hydrogen-bond acceptors (Lipinski definition) is 7. The Labute approximate surface area is 223 Å². The van der Waals surface area contributed by atoms with E-state index >= 15 is 0 Å². The minimum absolute atomic E-state index is 0.0288. The third-order valence-corrected chi connectivity index (χ3v) is 6.15. The first-order valence-electron chi connectivity index (χ1n) is 10.8. The van der Waals surface area contributed by atoms with Gasteiger partial charge in [0.05, 0.1) is 28.4 Å². The van der Waals surface area contributed by atoms with E-state index in [4.69, 9.17) is 10.7 Å². The van der Waals surface area contributed by atoms with Gasteiger partial charge in [-0.2, -0.15) is 18.4 Å². The molecule has 0 atom stereocenters. The monoisotopic (exact) mass is 556 g/mol. The van der Waals surface area contributed by atoms with Crippen molar-refractivity contribution in [2.45, 2.75) is 18.0 Å². The van der Waals surface area contributed by atoms with Crippen molar-refractivity contribution in [2.24, 2.45) is 0 Å². The van der Waals surface area contributed by atoms with Crippen LogP contribution >= 0.6 is 11.8 Å². The molecule has 0 fully saturated rings. The summed E-state index contributed by atoms with van der Waals surface area (Å²) in [6, 6.07) is 10.6. The molecule has 9 nitrogen and oxygen atoms in total. The second-order valence-corrected chi connectivity index (χ2v) is 8.86. The number of aromatic carboxylic acids is 1. The molecule has 3 aromatic carbocycles. The van der Waals surface area contributed by atoms with E-state index in [2.05, 4.69) is 10.6 Å². The van der Waals surface area contributed by atoms with Crippen molar-refractivity contribution >= 4 is 46.6 Å². The summed E-state index contributed by atoms with van der Waals surface area (Å²) in [5, 5.41) is 41.8. The molecule has 200 valence electrons. The number of anilines is 2. The number of phenolic OH excluding ortho intramolecular Hbond substituents is 1. The maximum atomic E-state index is 13.9. The summed E-state index contributed by atoms with van der Waals surface area (Å²) in [7, 11) is 0. The van der Waals surface area contributed by atoms with Crippen molar-refractivity contribution in [1.29, 1.82) is 10.7 Å². The molecule has 0 bridgehead atoms. The van der Waals surface area contributed by atoms with E-state index in [0.717, 1.165) is 43.0 Å². The molecule has 2 amide bonds. The van der Waals surface area contributed by atoms with E-state index in [-0.39, 0.29) is 38.5 Å². The average molecular weight is 557 g/mol. The van der Waals surface area contributed by atoms with Crippen LogP contribution in [0.2, 0.25) is 0 Å². The number of hydrogen-bond donors (Lipinski definition) is 5. The lowest BCUT2D eigenvalue weighted by atomic mass is 9.95. The number of carbonyl (C=O) groups is 3. The first-order chi connectivity index (χ1) is 18.3. The van der Waals surface area contributed by atoms with E-state index in [1.807, 2.05) is 0 Å². The first kappa shape index (κ1) is 28.7. The fourth-order valence-corrected chi connectivity index (χ4v) is 4.27. The number of nitriles is 1. The third-order valence-electron chi connectivity index (χ3n) is 5.38. The van der Waals surface area contributed by atoms with Crippen molar-refractivity contribution in [3.63, 3.8) is 0 Å². The lowest BCUT2D eigenvalue weighted by Gasteiger charge is -2.18. The van der Waals surface area contributed by atoms with Crippen molar-refractivity contribution in [2.75, 3.05) is 16.9 Å². The molecule has 0 aliphatic rings. The highest BCUT2D eigenvalue weighted by molar-refractivity contribution is 7.98. The Morgan fingerprint density at radius 2 is 1.69 bits per heavy atom. The SMILES string of the molecule is CSc1cc(C(=N)C(=O)Nc2ccc(C#N)cc2C(=O)O)c(O)cc1-c1ccc(NC(C)=O)cc1C(F)(F)F. The molecule has 5 N–H and O–H groups in total. The van der Waals surface area contributed by atoms with Gasteiger partial charge in [0.15, 0.2) is 0 Å². The zero-order valence-electron chi connectivity index (χ0n) is 20.2. The van der Waals surface area contributed by atoms with E-state index in [9.17, 15) is 37.8 Å². The summed E-state index contributed by atoms with van der Waals surface area (Å²) < 4.78 is 41.7. The van der Waals surface area contributed by atoms with Gasteiger partial charge in [0, 0.05) is 23.1 Å². The van der Waals surface area contributed by atoms with Gasteiger partial charge in [-0.3, -0.25) is 15.0 Å². The highest BCUT2D eigenvalue weighted by Crippen LogP contribution is 2.43. The van der Waals surface area contributed by atoms with Crippen LogP contribution in [0.15, 0.2) is 53.4 Å². The summed E-state index contributed by atoms with van der Waals surface area (Å²) in [4.78, 5) is 35.8. The molecule has 0 saturated heterocycles. The number of thioether (sulfide) groups is 1. The van der Waals surface area contributed by atoms with Crippen LogP contribution in [0.4, 0.5) is 24.5 Å². The van der Waals surface area contributed by atoms with Gasteiger partial charge in [0.1, 0.15) is 11.5 Å². The number of carboxylic acids is 1. The smallest absolute Gasteiger partial charge is 0.417 e. The van der Waals surface area contributed by atoms with Gasteiger partial charge in [-0.15, -0.1) is 11.8 Å². The maximum Gasteiger partial charge on any atom is 0.417 e. The van der Waals surface area contributed by atoms with Crippen molar-refractivity contribution in [3.8, 4) is 22.9 Å². The standard InChI is InChI=1S/C26H19F3N4O5S/c1-12(34)32-14-4-5-15(19(8-14)26(27,28)29)16-9-21(35)18(10-22(16)39-2)23(31)24(36)33-20-6-3-13(11-30)7-17(20)25(37)38/h3-10,31,35H,1-2H3,(H,32,34)(H,33,36)(H,37,38). The molecular formula is C26H19F3N4O5S. The van der Waals surface area contributed by atoms with Gasteiger partial charge in [-0.25, -0.2) is 4.79 Å². The molecule has 0 spiro atoms. The van der Waals surface area contributed by atoms with E-state index in [1.54, 1.807) is 12.3 Å². The zero-order valence-corrected chi connectivity index (χ0v) is 21.0. The van der Waals surface area contributed by atoms with Gasteiger partial charge in [-0.1, -0.05) is 6.07 Å². The fourth-order valence-electron chi connectivity index (χ4n) is 3.65. The predicted molar refractivity (Wildman–Crippen MR) is 138 cm³/mol. The molecule has 13 heteroatoms. The number of carbonyl (C=O) groups excluding carboxylic acids is 2. The van der Waals surface area contributed by atoms with Crippen LogP contribution in [0.3, 0.4) is 0 Å². The molecule has 39 heavy (non-hydrogen) atoms. The molecule has 0 aromatic heterocycles.